The van der Waals surface area contributed by atoms with Crippen LogP contribution in [0.2, 0.25) is 5.22 Å². The molecule has 0 saturated heterocycles. The van der Waals surface area contributed by atoms with Gasteiger partial charge in [-0.1, -0.05) is 19.3 Å². The lowest BCUT2D eigenvalue weighted by atomic mass is 10.0. The lowest BCUT2D eigenvalue weighted by molar-refractivity contribution is 0.0489. The number of furan rings is 1. The van der Waals surface area contributed by atoms with E-state index in [1.54, 1.807) is 6.07 Å². The summed E-state index contributed by atoms with van der Waals surface area (Å²) >= 11 is 5.80. The Morgan fingerprint density at radius 3 is 2.57 bits per heavy atom. The van der Waals surface area contributed by atoms with E-state index in [2.05, 4.69) is 10.6 Å². The average Bonchev–Trinajstić information content (AvgIpc) is 2.72. The number of halogens is 1. The summed E-state index contributed by atoms with van der Waals surface area (Å²) in [6, 6.07) is 3.87. The van der Waals surface area contributed by atoms with Gasteiger partial charge in [0, 0.05) is 12.1 Å². The lowest BCUT2D eigenvalue weighted by Crippen LogP contribution is -2.50. The van der Waals surface area contributed by atoms with Crippen LogP contribution in [0.1, 0.15) is 58.6 Å². The summed E-state index contributed by atoms with van der Waals surface area (Å²) in [6.07, 6.45) is 5.09. The van der Waals surface area contributed by atoms with Crippen molar-refractivity contribution in [2.75, 3.05) is 0 Å². The Labute approximate surface area is 143 Å². The third kappa shape index (κ3) is 6.43. The van der Waals surface area contributed by atoms with Gasteiger partial charge in [0.15, 0.2) is 5.22 Å². The fraction of sp³-hybridized carbons (Fsp3) is 0.706. The summed E-state index contributed by atoms with van der Waals surface area (Å²) in [5.41, 5.74) is -0.483. The summed E-state index contributed by atoms with van der Waals surface area (Å²) in [5, 5.41) is 6.91. The number of carbonyl (C=O) groups is 1. The van der Waals surface area contributed by atoms with Crippen LogP contribution in [0.15, 0.2) is 16.5 Å². The summed E-state index contributed by atoms with van der Waals surface area (Å²) in [6.45, 7) is 6.21. The molecule has 2 atom stereocenters. The van der Waals surface area contributed by atoms with E-state index in [-0.39, 0.29) is 18.2 Å². The van der Waals surface area contributed by atoms with Crippen molar-refractivity contribution in [3.8, 4) is 0 Å². The zero-order valence-electron chi connectivity index (χ0n) is 14.2. The van der Waals surface area contributed by atoms with E-state index in [1.807, 2.05) is 26.8 Å². The van der Waals surface area contributed by atoms with Crippen molar-refractivity contribution in [1.82, 2.24) is 10.6 Å². The number of amides is 1. The van der Waals surface area contributed by atoms with Gasteiger partial charge in [-0.2, -0.15) is 0 Å². The number of rotatable bonds is 4. The minimum Gasteiger partial charge on any atom is -0.448 e. The molecule has 0 aromatic carbocycles. The molecule has 1 aromatic heterocycles. The molecule has 1 aromatic rings. The van der Waals surface area contributed by atoms with Crippen LogP contribution in [0.3, 0.4) is 0 Å². The van der Waals surface area contributed by atoms with Crippen molar-refractivity contribution < 1.29 is 13.9 Å². The first-order chi connectivity index (χ1) is 10.8. The quantitative estimate of drug-likeness (QED) is 0.803. The van der Waals surface area contributed by atoms with Gasteiger partial charge in [0.05, 0.1) is 6.54 Å². The van der Waals surface area contributed by atoms with Crippen molar-refractivity contribution in [3.05, 3.63) is 23.1 Å². The number of ether oxygens (including phenoxy) is 1. The first-order valence-corrected chi connectivity index (χ1v) is 8.68. The van der Waals surface area contributed by atoms with Gasteiger partial charge in [0.25, 0.3) is 0 Å². The molecule has 1 amide bonds. The van der Waals surface area contributed by atoms with Crippen LogP contribution in [-0.4, -0.2) is 23.8 Å². The Morgan fingerprint density at radius 2 is 1.96 bits per heavy atom. The summed E-state index contributed by atoms with van der Waals surface area (Å²) < 4.78 is 10.8. The van der Waals surface area contributed by atoms with E-state index in [9.17, 15) is 4.79 Å². The maximum Gasteiger partial charge on any atom is 0.407 e. The minimum absolute atomic E-state index is 0.0674. The Bertz CT molecular complexity index is 510. The maximum atomic E-state index is 12.1. The second kappa shape index (κ2) is 8.06. The molecule has 2 unspecified atom stereocenters. The predicted octanol–water partition coefficient (Wildman–Crippen LogP) is 4.25. The summed E-state index contributed by atoms with van der Waals surface area (Å²) in [5.74, 6) is 0.801. The number of nitrogens with one attached hydrogen (secondary N) is 2. The largest absolute Gasteiger partial charge is 0.448 e. The standard InChI is InChI=1S/C17H27ClN2O3/c1-17(2,3)23-16(21)20-14-8-6-4-5-7-13(14)19-11-12-9-10-15(18)22-12/h9-10,13-14,19H,4-8,11H2,1-3H3,(H,20,21). The molecule has 5 nitrogen and oxygen atoms in total. The zero-order valence-corrected chi connectivity index (χ0v) is 14.9. The molecule has 6 heteroatoms. The van der Waals surface area contributed by atoms with Crippen LogP contribution in [0.25, 0.3) is 0 Å². The first kappa shape index (κ1) is 18.1. The number of carbonyl (C=O) groups excluding carboxylic acids is 1. The minimum atomic E-state index is -0.483. The van der Waals surface area contributed by atoms with E-state index in [0.717, 1.165) is 31.4 Å². The van der Waals surface area contributed by atoms with Gasteiger partial charge >= 0.3 is 6.09 Å². The van der Waals surface area contributed by atoms with Crippen molar-refractivity contribution in [2.24, 2.45) is 0 Å². The Kier molecular flexibility index (Phi) is 6.36. The maximum absolute atomic E-state index is 12.1. The summed E-state index contributed by atoms with van der Waals surface area (Å²) in [7, 11) is 0. The second-order valence-corrected chi connectivity index (χ2v) is 7.46. The molecule has 2 rings (SSSR count). The molecule has 130 valence electrons. The highest BCUT2D eigenvalue weighted by Crippen LogP contribution is 2.20. The molecule has 0 radical (unpaired) electrons. The van der Waals surface area contributed by atoms with Crippen molar-refractivity contribution in [3.63, 3.8) is 0 Å². The van der Waals surface area contributed by atoms with E-state index < -0.39 is 5.60 Å². The van der Waals surface area contributed by atoms with Crippen molar-refractivity contribution in [2.45, 2.75) is 77.1 Å². The van der Waals surface area contributed by atoms with Crippen LogP contribution in [0.4, 0.5) is 4.79 Å². The van der Waals surface area contributed by atoms with E-state index in [4.69, 9.17) is 20.8 Å². The third-order valence-corrected chi connectivity index (χ3v) is 4.09. The van der Waals surface area contributed by atoms with Gasteiger partial charge in [-0.15, -0.1) is 0 Å². The zero-order chi connectivity index (χ0) is 16.9. The van der Waals surface area contributed by atoms with E-state index in [0.29, 0.717) is 11.8 Å². The molecule has 0 bridgehead atoms. The SMILES string of the molecule is CC(C)(C)OC(=O)NC1CCCCCC1NCc1ccc(Cl)o1. The normalized spacial score (nSPS) is 22.4. The highest BCUT2D eigenvalue weighted by Gasteiger charge is 2.27. The van der Waals surface area contributed by atoms with Crippen LogP contribution in [0, 0.1) is 0 Å². The number of hydrogen-bond acceptors (Lipinski definition) is 4. The van der Waals surface area contributed by atoms with Crippen molar-refractivity contribution in [1.29, 1.82) is 0 Å². The smallest absolute Gasteiger partial charge is 0.407 e. The fourth-order valence-electron chi connectivity index (χ4n) is 2.86. The molecule has 1 saturated carbocycles. The van der Waals surface area contributed by atoms with E-state index in [1.165, 1.54) is 6.42 Å². The van der Waals surface area contributed by atoms with E-state index >= 15 is 0 Å². The lowest BCUT2D eigenvalue weighted by Gasteiger charge is -2.28. The number of alkyl carbamates (subject to hydrolysis) is 1. The molecule has 0 spiro atoms. The van der Waals surface area contributed by atoms with Gasteiger partial charge in [-0.3, -0.25) is 0 Å². The fourth-order valence-corrected chi connectivity index (χ4v) is 3.02. The van der Waals surface area contributed by atoms with Crippen molar-refractivity contribution >= 4 is 17.7 Å². The Morgan fingerprint density at radius 1 is 1.26 bits per heavy atom. The molecule has 23 heavy (non-hydrogen) atoms. The van der Waals surface area contributed by atoms with Gasteiger partial charge in [0.1, 0.15) is 11.4 Å². The second-order valence-electron chi connectivity index (χ2n) is 7.08. The highest BCUT2D eigenvalue weighted by molar-refractivity contribution is 6.28. The molecular formula is C17H27ClN2O3. The molecule has 1 aliphatic rings. The van der Waals surface area contributed by atoms with Gasteiger partial charge < -0.3 is 19.8 Å². The Hall–Kier alpha value is -1.20. The van der Waals surface area contributed by atoms with Crippen LogP contribution < -0.4 is 10.6 Å². The molecule has 0 aliphatic heterocycles. The first-order valence-electron chi connectivity index (χ1n) is 8.30. The van der Waals surface area contributed by atoms with Gasteiger partial charge in [0.2, 0.25) is 0 Å². The van der Waals surface area contributed by atoms with Gasteiger partial charge in [-0.25, -0.2) is 4.79 Å². The molecular weight excluding hydrogens is 316 g/mol. The average molecular weight is 343 g/mol. The monoisotopic (exact) mass is 342 g/mol. The molecule has 1 fully saturated rings. The van der Waals surface area contributed by atoms with Gasteiger partial charge in [-0.05, 0) is 57.3 Å². The molecule has 1 heterocycles. The molecule has 1 aliphatic carbocycles. The Balaban J connectivity index is 1.91. The molecule has 2 N–H and O–H groups in total. The summed E-state index contributed by atoms with van der Waals surface area (Å²) in [4.78, 5) is 12.1. The topological polar surface area (TPSA) is 63.5 Å². The third-order valence-electron chi connectivity index (χ3n) is 3.89. The van der Waals surface area contributed by atoms with Crippen LogP contribution in [0.5, 0.6) is 0 Å². The predicted molar refractivity (Wildman–Crippen MR) is 90.6 cm³/mol. The van der Waals surface area contributed by atoms with Crippen LogP contribution >= 0.6 is 11.6 Å². The number of hydrogen-bond donors (Lipinski definition) is 2. The highest BCUT2D eigenvalue weighted by atomic mass is 35.5. The van der Waals surface area contributed by atoms with Crippen LogP contribution in [-0.2, 0) is 11.3 Å².